The van der Waals surface area contributed by atoms with Crippen molar-refractivity contribution in [3.05, 3.63) is 64.7 Å². The lowest BCUT2D eigenvalue weighted by Crippen LogP contribution is -2.18. The summed E-state index contributed by atoms with van der Waals surface area (Å²) < 4.78 is 6.35. The van der Waals surface area contributed by atoms with Crippen LogP contribution in [-0.2, 0) is 9.53 Å². The maximum atomic E-state index is 12.4. The van der Waals surface area contributed by atoms with E-state index < -0.39 is 18.1 Å². The van der Waals surface area contributed by atoms with Gasteiger partial charge in [-0.25, -0.2) is 10.3 Å². The summed E-state index contributed by atoms with van der Waals surface area (Å²) in [7, 11) is 0. The third-order valence-corrected chi connectivity index (χ3v) is 5.38. The first-order valence-corrected chi connectivity index (χ1v) is 11.2. The summed E-state index contributed by atoms with van der Waals surface area (Å²) in [6.07, 6.45) is 5.01. The van der Waals surface area contributed by atoms with Crippen LogP contribution in [-0.4, -0.2) is 28.6 Å². The first-order chi connectivity index (χ1) is 14.4. The topological polar surface area (TPSA) is 108 Å². The molecule has 0 bridgehead atoms. The zero-order chi connectivity index (χ0) is 21.9. The number of carbonyl (C=O) groups excluding carboxylic acids is 2. The van der Waals surface area contributed by atoms with Crippen molar-refractivity contribution in [2.24, 2.45) is 0 Å². The van der Waals surface area contributed by atoms with Crippen molar-refractivity contribution in [1.29, 1.82) is 0 Å². The summed E-state index contributed by atoms with van der Waals surface area (Å²) >= 11 is 4.97. The lowest BCUT2D eigenvalue weighted by atomic mass is 10.0. The maximum Gasteiger partial charge on any atom is 0.412 e. The Kier molecular flexibility index (Phi) is 9.72. The molecular formula is C21H23BrN2O5S. The van der Waals surface area contributed by atoms with Gasteiger partial charge in [0.1, 0.15) is 11.9 Å². The first kappa shape index (κ1) is 23.8. The molecule has 2 rings (SSSR count). The molecule has 0 saturated heterocycles. The number of thioether (sulfide) groups is 1. The van der Waals surface area contributed by atoms with Gasteiger partial charge in [0.25, 0.3) is 5.91 Å². The summed E-state index contributed by atoms with van der Waals surface area (Å²) in [5.74, 6) is -0.588. The first-order valence-electron chi connectivity index (χ1n) is 9.13. The number of benzene rings is 2. The number of phenols is 1. The van der Waals surface area contributed by atoms with Gasteiger partial charge in [0, 0.05) is 26.7 Å². The molecule has 1 atom stereocenters. The predicted molar refractivity (Wildman–Crippen MR) is 120 cm³/mol. The molecule has 4 N–H and O–H groups in total. The SMILES string of the molecule is CSc1ccc(NC(=O)O[C@@H](CCC/C=C/C(=O)NO)c2cc(Br)ccc2O)cc1. The van der Waals surface area contributed by atoms with Crippen LogP contribution in [0.4, 0.5) is 10.5 Å². The molecule has 160 valence electrons. The van der Waals surface area contributed by atoms with Crippen molar-refractivity contribution in [3.8, 4) is 5.75 Å². The number of aromatic hydroxyl groups is 1. The van der Waals surface area contributed by atoms with Crippen molar-refractivity contribution in [2.75, 3.05) is 11.6 Å². The van der Waals surface area contributed by atoms with Crippen molar-refractivity contribution in [3.63, 3.8) is 0 Å². The lowest BCUT2D eigenvalue weighted by Gasteiger charge is -2.20. The van der Waals surface area contributed by atoms with Gasteiger partial charge in [0.05, 0.1) is 0 Å². The number of hydrogen-bond donors (Lipinski definition) is 4. The molecule has 2 aromatic rings. The monoisotopic (exact) mass is 494 g/mol. The van der Waals surface area contributed by atoms with Crippen LogP contribution >= 0.6 is 27.7 Å². The number of unbranched alkanes of at least 4 members (excludes halogenated alkanes) is 1. The second kappa shape index (κ2) is 12.3. The smallest absolute Gasteiger partial charge is 0.412 e. The molecule has 2 amide bonds. The Balaban J connectivity index is 2.06. The Labute approximate surface area is 187 Å². The van der Waals surface area contributed by atoms with Crippen molar-refractivity contribution in [1.82, 2.24) is 5.48 Å². The zero-order valence-corrected chi connectivity index (χ0v) is 18.7. The number of nitrogens with one attached hydrogen (secondary N) is 2. The molecule has 0 fully saturated rings. The van der Waals surface area contributed by atoms with Crippen LogP contribution in [0.1, 0.15) is 30.9 Å². The van der Waals surface area contributed by atoms with Gasteiger partial charge in [-0.05, 0) is 68.0 Å². The Hall–Kier alpha value is -2.49. The van der Waals surface area contributed by atoms with E-state index in [0.29, 0.717) is 30.5 Å². The molecule has 0 heterocycles. The van der Waals surface area contributed by atoms with Gasteiger partial charge >= 0.3 is 6.09 Å². The molecule has 7 nitrogen and oxygen atoms in total. The highest BCUT2D eigenvalue weighted by Gasteiger charge is 2.20. The van der Waals surface area contributed by atoms with Gasteiger partial charge in [0.2, 0.25) is 0 Å². The van der Waals surface area contributed by atoms with E-state index in [0.717, 1.165) is 9.37 Å². The number of carbonyl (C=O) groups is 2. The standard InChI is InChI=1S/C21H23BrN2O5S/c1-30-16-10-8-15(9-11-16)23-21(27)29-19(5-3-2-4-6-20(26)24-28)17-13-14(22)7-12-18(17)25/h4,6-13,19,25,28H,2-3,5H2,1H3,(H,23,27)(H,24,26)/b6-4+/t19-/m0/s1. The van der Waals surface area contributed by atoms with Gasteiger partial charge in [-0.3, -0.25) is 15.3 Å². The van der Waals surface area contributed by atoms with E-state index in [2.05, 4.69) is 21.2 Å². The quantitative estimate of drug-likeness (QED) is 0.122. The number of ether oxygens (including phenoxy) is 1. The fourth-order valence-electron chi connectivity index (χ4n) is 2.66. The summed E-state index contributed by atoms with van der Waals surface area (Å²) in [5, 5.41) is 21.4. The molecular weight excluding hydrogens is 472 g/mol. The largest absolute Gasteiger partial charge is 0.508 e. The van der Waals surface area contributed by atoms with Gasteiger partial charge in [-0.15, -0.1) is 11.8 Å². The molecule has 0 saturated carbocycles. The van der Waals surface area contributed by atoms with Crippen LogP contribution in [0.25, 0.3) is 0 Å². The number of hydroxylamine groups is 1. The molecule has 0 spiro atoms. The average molecular weight is 495 g/mol. The molecule has 0 aliphatic carbocycles. The minimum atomic E-state index is -0.687. The van der Waals surface area contributed by atoms with Crippen LogP contribution < -0.4 is 10.8 Å². The summed E-state index contributed by atoms with van der Waals surface area (Å²) in [6.45, 7) is 0. The van der Waals surface area contributed by atoms with Crippen LogP contribution in [0, 0.1) is 0 Å². The average Bonchev–Trinajstić information content (AvgIpc) is 2.74. The van der Waals surface area contributed by atoms with E-state index in [-0.39, 0.29) is 5.75 Å². The molecule has 0 aliphatic heterocycles. The van der Waals surface area contributed by atoms with E-state index in [9.17, 15) is 14.7 Å². The predicted octanol–water partition coefficient (Wildman–Crippen LogP) is 5.40. The number of amides is 2. The molecule has 0 radical (unpaired) electrons. The normalized spacial score (nSPS) is 11.8. The van der Waals surface area contributed by atoms with E-state index in [1.54, 1.807) is 42.1 Å². The highest BCUT2D eigenvalue weighted by atomic mass is 79.9. The Morgan fingerprint density at radius 3 is 2.63 bits per heavy atom. The second-order valence-electron chi connectivity index (χ2n) is 6.26. The van der Waals surface area contributed by atoms with Gasteiger partial charge in [0.15, 0.2) is 0 Å². The zero-order valence-electron chi connectivity index (χ0n) is 16.3. The van der Waals surface area contributed by atoms with Gasteiger partial charge in [-0.2, -0.15) is 0 Å². The van der Waals surface area contributed by atoms with Crippen LogP contribution in [0.15, 0.2) is 64.0 Å². The van der Waals surface area contributed by atoms with Crippen molar-refractivity contribution >= 4 is 45.4 Å². The number of halogens is 1. The van der Waals surface area contributed by atoms with Gasteiger partial charge in [-0.1, -0.05) is 22.0 Å². The summed E-state index contributed by atoms with van der Waals surface area (Å²) in [5.41, 5.74) is 2.60. The Bertz CT molecular complexity index is 889. The van der Waals surface area contributed by atoms with E-state index >= 15 is 0 Å². The minimum Gasteiger partial charge on any atom is -0.508 e. The Morgan fingerprint density at radius 2 is 1.97 bits per heavy atom. The molecule has 0 unspecified atom stereocenters. The molecule has 2 aromatic carbocycles. The fourth-order valence-corrected chi connectivity index (χ4v) is 3.45. The summed E-state index contributed by atoms with van der Waals surface area (Å²) in [6, 6.07) is 12.3. The van der Waals surface area contributed by atoms with Crippen LogP contribution in [0.2, 0.25) is 0 Å². The molecule has 30 heavy (non-hydrogen) atoms. The van der Waals surface area contributed by atoms with E-state index in [1.807, 2.05) is 18.4 Å². The van der Waals surface area contributed by atoms with Crippen LogP contribution in [0.3, 0.4) is 0 Å². The molecule has 9 heteroatoms. The number of hydrogen-bond acceptors (Lipinski definition) is 6. The number of allylic oxidation sites excluding steroid dienone is 1. The number of rotatable bonds is 9. The highest BCUT2D eigenvalue weighted by Crippen LogP contribution is 2.33. The highest BCUT2D eigenvalue weighted by molar-refractivity contribution is 9.10. The van der Waals surface area contributed by atoms with E-state index in [4.69, 9.17) is 9.94 Å². The minimum absolute atomic E-state index is 0.0236. The maximum absolute atomic E-state index is 12.4. The van der Waals surface area contributed by atoms with Gasteiger partial charge < -0.3 is 9.84 Å². The second-order valence-corrected chi connectivity index (χ2v) is 8.06. The van der Waals surface area contributed by atoms with E-state index in [1.165, 1.54) is 17.6 Å². The summed E-state index contributed by atoms with van der Waals surface area (Å²) in [4.78, 5) is 24.5. The Morgan fingerprint density at radius 1 is 1.23 bits per heavy atom. The molecule has 0 aliphatic rings. The fraction of sp³-hybridized carbons (Fsp3) is 0.238. The number of anilines is 1. The number of phenolic OH excluding ortho intramolecular Hbond substituents is 1. The third kappa shape index (κ3) is 7.74. The lowest BCUT2D eigenvalue weighted by molar-refractivity contribution is -0.124. The molecule has 0 aromatic heterocycles. The van der Waals surface area contributed by atoms with Crippen LogP contribution in [0.5, 0.6) is 5.75 Å². The third-order valence-electron chi connectivity index (χ3n) is 4.14. The van der Waals surface area contributed by atoms with Crippen molar-refractivity contribution < 1.29 is 24.6 Å². The van der Waals surface area contributed by atoms with Crippen molar-refractivity contribution in [2.45, 2.75) is 30.3 Å².